The number of hydrogen-bond acceptors (Lipinski definition) is 4. The van der Waals surface area contributed by atoms with Crippen molar-refractivity contribution in [1.29, 1.82) is 0 Å². The molecule has 1 fully saturated rings. The number of nitrogens with one attached hydrogen (secondary N) is 1. The van der Waals surface area contributed by atoms with Gasteiger partial charge < -0.3 is 5.32 Å². The summed E-state index contributed by atoms with van der Waals surface area (Å²) in [5.41, 5.74) is 1.68. The fourth-order valence-electron chi connectivity index (χ4n) is 4.11. The van der Waals surface area contributed by atoms with E-state index in [4.69, 9.17) is 0 Å². The number of hydrogen-bond donors (Lipinski definition) is 1. The van der Waals surface area contributed by atoms with Crippen LogP contribution < -0.4 is 5.32 Å². The Morgan fingerprint density at radius 2 is 2.00 bits per heavy atom. The lowest BCUT2D eigenvalue weighted by molar-refractivity contribution is -0.126. The van der Waals surface area contributed by atoms with Crippen LogP contribution in [-0.2, 0) is 34.5 Å². The lowest BCUT2D eigenvalue weighted by Gasteiger charge is -2.27. The van der Waals surface area contributed by atoms with E-state index >= 15 is 0 Å². The van der Waals surface area contributed by atoms with Crippen LogP contribution >= 0.6 is 0 Å². The molecule has 1 N–H and O–H groups in total. The van der Waals surface area contributed by atoms with Gasteiger partial charge in [-0.15, -0.1) is 0 Å². The Morgan fingerprint density at radius 3 is 2.65 bits per heavy atom. The van der Waals surface area contributed by atoms with E-state index < -0.39 is 10.0 Å². The minimum atomic E-state index is -3.19. The van der Waals surface area contributed by atoms with Gasteiger partial charge in [0.2, 0.25) is 15.9 Å². The predicted molar refractivity (Wildman–Crippen MR) is 99.7 cm³/mol. The molecule has 2 aliphatic rings. The molecule has 0 spiro atoms. The van der Waals surface area contributed by atoms with Crippen LogP contribution in [0.5, 0.6) is 0 Å². The number of fused-ring (bicyclic) bond motifs is 1. The summed E-state index contributed by atoms with van der Waals surface area (Å²) in [7, 11) is -3.19. The van der Waals surface area contributed by atoms with Gasteiger partial charge in [0, 0.05) is 12.5 Å². The zero-order chi connectivity index (χ0) is 18.7. The Kier molecular flexibility index (Phi) is 6.02. The molecule has 1 aliphatic carbocycles. The molecule has 26 heavy (non-hydrogen) atoms. The fourth-order valence-corrected chi connectivity index (χ4v) is 4.89. The zero-order valence-corrected chi connectivity index (χ0v) is 16.6. The molecule has 1 aliphatic heterocycles. The highest BCUT2D eigenvalue weighted by molar-refractivity contribution is 7.88. The lowest BCUT2D eigenvalue weighted by atomic mass is 9.80. The van der Waals surface area contributed by atoms with Gasteiger partial charge in [-0.3, -0.25) is 9.48 Å². The number of sulfonamides is 1. The minimum Gasteiger partial charge on any atom is -0.350 e. The van der Waals surface area contributed by atoms with Crippen LogP contribution in [0, 0.1) is 11.8 Å². The summed E-state index contributed by atoms with van der Waals surface area (Å²) in [4.78, 5) is 12.4. The van der Waals surface area contributed by atoms with Crippen LogP contribution in [0.3, 0.4) is 0 Å². The normalized spacial score (nSPS) is 24.2. The largest absolute Gasteiger partial charge is 0.350 e. The maximum absolute atomic E-state index is 12.4. The summed E-state index contributed by atoms with van der Waals surface area (Å²) in [5, 5.41) is 7.52. The van der Waals surface area contributed by atoms with E-state index in [9.17, 15) is 13.2 Å². The second kappa shape index (κ2) is 8.08. The second-order valence-corrected chi connectivity index (χ2v) is 9.65. The Hall–Kier alpha value is -1.41. The molecule has 8 heteroatoms. The van der Waals surface area contributed by atoms with Crippen LogP contribution in [0.4, 0.5) is 0 Å². The summed E-state index contributed by atoms with van der Waals surface area (Å²) in [6, 6.07) is 1.90. The third-order valence-corrected chi connectivity index (χ3v) is 6.89. The highest BCUT2D eigenvalue weighted by atomic mass is 32.2. The van der Waals surface area contributed by atoms with E-state index in [-0.39, 0.29) is 11.8 Å². The van der Waals surface area contributed by atoms with Crippen molar-refractivity contribution in [3.8, 4) is 0 Å². The topological polar surface area (TPSA) is 84.3 Å². The number of carbonyl (C=O) groups excluding carboxylic acids is 1. The smallest absolute Gasteiger partial charge is 0.223 e. The molecule has 0 saturated heterocycles. The van der Waals surface area contributed by atoms with E-state index in [1.165, 1.54) is 23.4 Å². The minimum absolute atomic E-state index is 0.126. The second-order valence-electron chi connectivity index (χ2n) is 7.67. The molecule has 0 aromatic carbocycles. The van der Waals surface area contributed by atoms with Gasteiger partial charge in [0.1, 0.15) is 0 Å². The molecular weight excluding hydrogens is 352 g/mol. The van der Waals surface area contributed by atoms with Crippen molar-refractivity contribution >= 4 is 15.9 Å². The van der Waals surface area contributed by atoms with E-state index in [1.54, 1.807) is 0 Å². The number of rotatable bonds is 6. The van der Waals surface area contributed by atoms with Gasteiger partial charge in [-0.2, -0.15) is 9.40 Å². The first-order valence-electron chi connectivity index (χ1n) is 9.65. The molecule has 146 valence electrons. The van der Waals surface area contributed by atoms with Crippen molar-refractivity contribution in [3.63, 3.8) is 0 Å². The number of amides is 1. The summed E-state index contributed by atoms with van der Waals surface area (Å²) < 4.78 is 26.7. The Morgan fingerprint density at radius 1 is 1.27 bits per heavy atom. The van der Waals surface area contributed by atoms with Crippen molar-refractivity contribution in [1.82, 2.24) is 19.4 Å². The number of carbonyl (C=O) groups is 1. The molecule has 1 aromatic rings. The monoisotopic (exact) mass is 382 g/mol. The van der Waals surface area contributed by atoms with Crippen molar-refractivity contribution in [2.45, 2.75) is 65.1 Å². The van der Waals surface area contributed by atoms with E-state index in [1.807, 2.05) is 10.7 Å². The van der Waals surface area contributed by atoms with Crippen molar-refractivity contribution in [2.24, 2.45) is 11.8 Å². The Labute approximate surface area is 156 Å². The molecule has 3 rings (SSSR count). The van der Waals surface area contributed by atoms with Gasteiger partial charge in [0.05, 0.1) is 37.3 Å². The van der Waals surface area contributed by atoms with Crippen LogP contribution in [0.15, 0.2) is 6.07 Å². The van der Waals surface area contributed by atoms with Gasteiger partial charge in [-0.05, 0) is 37.7 Å². The summed E-state index contributed by atoms with van der Waals surface area (Å²) in [6.45, 7) is 3.98. The van der Waals surface area contributed by atoms with Crippen LogP contribution in [0.2, 0.25) is 0 Å². The van der Waals surface area contributed by atoms with Gasteiger partial charge >= 0.3 is 0 Å². The maximum Gasteiger partial charge on any atom is 0.223 e. The van der Waals surface area contributed by atoms with E-state index in [0.29, 0.717) is 26.2 Å². The summed E-state index contributed by atoms with van der Waals surface area (Å²) in [5.74, 6) is 1.05. The first-order chi connectivity index (χ1) is 12.4. The molecule has 1 aromatic heterocycles. The molecule has 2 heterocycles. The van der Waals surface area contributed by atoms with Crippen LogP contribution in [0.1, 0.15) is 56.8 Å². The van der Waals surface area contributed by atoms with Crippen molar-refractivity contribution < 1.29 is 13.2 Å². The molecule has 0 unspecified atom stereocenters. The lowest BCUT2D eigenvalue weighted by Crippen LogP contribution is -2.37. The maximum atomic E-state index is 12.4. The predicted octanol–water partition coefficient (Wildman–Crippen LogP) is 1.88. The van der Waals surface area contributed by atoms with Crippen LogP contribution in [0.25, 0.3) is 0 Å². The average Bonchev–Trinajstić information content (AvgIpc) is 3.02. The first kappa shape index (κ1) is 19.4. The van der Waals surface area contributed by atoms with Gasteiger partial charge in [-0.25, -0.2) is 8.42 Å². The van der Waals surface area contributed by atoms with Crippen molar-refractivity contribution in [2.75, 3.05) is 12.8 Å². The molecule has 0 radical (unpaired) electrons. The Bertz CT molecular complexity index is 736. The third kappa shape index (κ3) is 4.65. The fraction of sp³-hybridized carbons (Fsp3) is 0.778. The highest BCUT2D eigenvalue weighted by Gasteiger charge is 2.27. The van der Waals surface area contributed by atoms with E-state index in [0.717, 1.165) is 43.0 Å². The first-order valence-corrected chi connectivity index (χ1v) is 11.5. The van der Waals surface area contributed by atoms with Gasteiger partial charge in [-0.1, -0.05) is 19.8 Å². The quantitative estimate of drug-likeness (QED) is 0.814. The summed E-state index contributed by atoms with van der Waals surface area (Å²) in [6.07, 6.45) is 8.02. The highest BCUT2D eigenvalue weighted by Crippen LogP contribution is 2.31. The summed E-state index contributed by atoms with van der Waals surface area (Å²) >= 11 is 0. The standard InChI is InChI=1S/C18H30N4O3S/c1-3-4-14-5-7-15(8-6-14)18(23)19-12-16-11-17-13-21(26(2,24)25)9-10-22(17)20-16/h11,14-15H,3-10,12-13H2,1-2H3,(H,19,23). The molecule has 1 amide bonds. The molecule has 7 nitrogen and oxygen atoms in total. The SMILES string of the molecule is CCCC1CCC(C(=O)NCc2cc3n(n2)CCN(S(C)(=O)=O)C3)CC1. The number of nitrogens with zero attached hydrogens (tertiary/aromatic N) is 3. The zero-order valence-electron chi connectivity index (χ0n) is 15.8. The van der Waals surface area contributed by atoms with Crippen molar-refractivity contribution in [3.05, 3.63) is 17.5 Å². The third-order valence-electron chi connectivity index (χ3n) is 5.64. The van der Waals surface area contributed by atoms with E-state index in [2.05, 4.69) is 17.3 Å². The van der Waals surface area contributed by atoms with Gasteiger partial charge in [0.25, 0.3) is 0 Å². The van der Waals surface area contributed by atoms with Crippen LogP contribution in [-0.4, -0.2) is 41.2 Å². The Balaban J connectivity index is 1.50. The molecule has 0 atom stereocenters. The molecule has 0 bridgehead atoms. The number of aromatic nitrogens is 2. The molecule has 1 saturated carbocycles. The molecular formula is C18H30N4O3S. The van der Waals surface area contributed by atoms with Gasteiger partial charge in [0.15, 0.2) is 0 Å². The average molecular weight is 383 g/mol.